The Kier molecular flexibility index (Phi) is 6.45. The Hall–Kier alpha value is -3.40. The van der Waals surface area contributed by atoms with Gasteiger partial charge in [0.2, 0.25) is 0 Å². The molecule has 0 saturated heterocycles. The number of hydrazone groups is 1. The lowest BCUT2D eigenvalue weighted by Crippen LogP contribution is -2.18. The van der Waals surface area contributed by atoms with Crippen LogP contribution in [0.3, 0.4) is 0 Å². The molecule has 0 aliphatic rings. The number of rotatable bonds is 6. The first-order valence-corrected chi connectivity index (χ1v) is 9.63. The summed E-state index contributed by atoms with van der Waals surface area (Å²) in [6.45, 7) is 6.90. The van der Waals surface area contributed by atoms with Gasteiger partial charge in [0.15, 0.2) is 0 Å². The Bertz CT molecular complexity index is 972. The van der Waals surface area contributed by atoms with E-state index in [9.17, 15) is 4.79 Å². The maximum atomic E-state index is 12.3. The van der Waals surface area contributed by atoms with Crippen molar-refractivity contribution in [2.75, 3.05) is 0 Å². The van der Waals surface area contributed by atoms with Gasteiger partial charge in [0.1, 0.15) is 12.4 Å². The molecule has 3 aromatic carbocycles. The molecular formula is C25H26N2O2. The largest absolute Gasteiger partial charge is 0.488 e. The Labute approximate surface area is 172 Å². The van der Waals surface area contributed by atoms with Gasteiger partial charge in [0.25, 0.3) is 5.91 Å². The molecule has 0 spiro atoms. The fourth-order valence-corrected chi connectivity index (χ4v) is 2.80. The highest BCUT2D eigenvalue weighted by molar-refractivity contribution is 5.95. The highest BCUT2D eigenvalue weighted by Gasteiger charge is 2.14. The van der Waals surface area contributed by atoms with Crippen molar-refractivity contribution in [1.82, 2.24) is 5.43 Å². The van der Waals surface area contributed by atoms with Crippen LogP contribution in [0.25, 0.3) is 0 Å². The quantitative estimate of drug-likeness (QED) is 0.460. The molecule has 3 aromatic rings. The average Bonchev–Trinajstić information content (AvgIpc) is 2.73. The number of carbonyl (C=O) groups excluding carboxylic acids is 1. The van der Waals surface area contributed by atoms with E-state index in [0.717, 1.165) is 11.1 Å². The van der Waals surface area contributed by atoms with Gasteiger partial charge in [0, 0.05) is 11.1 Å². The fraction of sp³-hybridized carbons (Fsp3) is 0.200. The smallest absolute Gasteiger partial charge is 0.271 e. The predicted octanol–water partition coefficient (Wildman–Crippen LogP) is 5.33. The van der Waals surface area contributed by atoms with Crippen LogP contribution >= 0.6 is 0 Å². The zero-order chi connectivity index (χ0) is 20.7. The number of nitrogens with one attached hydrogen (secondary N) is 1. The van der Waals surface area contributed by atoms with Crippen molar-refractivity contribution in [2.45, 2.75) is 32.8 Å². The molecule has 0 aliphatic carbocycles. The highest BCUT2D eigenvalue weighted by Crippen LogP contribution is 2.22. The molecule has 1 N–H and O–H groups in total. The summed E-state index contributed by atoms with van der Waals surface area (Å²) in [6, 6.07) is 25.2. The molecule has 4 nitrogen and oxygen atoms in total. The molecule has 0 fully saturated rings. The second kappa shape index (κ2) is 9.20. The monoisotopic (exact) mass is 386 g/mol. The minimum atomic E-state index is -0.246. The summed E-state index contributed by atoms with van der Waals surface area (Å²) in [6.07, 6.45) is 1.60. The minimum absolute atomic E-state index is 0.0522. The van der Waals surface area contributed by atoms with Crippen LogP contribution in [0.15, 0.2) is 84.0 Å². The molecule has 0 aromatic heterocycles. The van der Waals surface area contributed by atoms with Crippen LogP contribution in [-0.4, -0.2) is 12.1 Å². The summed E-state index contributed by atoms with van der Waals surface area (Å²) in [4.78, 5) is 12.3. The number of hydrogen-bond donors (Lipinski definition) is 1. The third-order valence-corrected chi connectivity index (χ3v) is 4.54. The summed E-state index contributed by atoms with van der Waals surface area (Å²) in [5.41, 5.74) is 6.28. The second-order valence-electron chi connectivity index (χ2n) is 7.84. The Balaban J connectivity index is 1.62. The molecule has 29 heavy (non-hydrogen) atoms. The second-order valence-corrected chi connectivity index (χ2v) is 7.84. The molecule has 1 amide bonds. The van der Waals surface area contributed by atoms with Gasteiger partial charge in [-0.25, -0.2) is 5.43 Å². The maximum Gasteiger partial charge on any atom is 0.271 e. The summed E-state index contributed by atoms with van der Waals surface area (Å²) >= 11 is 0. The average molecular weight is 386 g/mol. The number of carbonyl (C=O) groups is 1. The topological polar surface area (TPSA) is 50.7 Å². The first kappa shape index (κ1) is 20.3. The standard InChI is InChI=1S/C25H26N2O2/c1-25(2,3)22-15-13-20(14-16-22)24(28)27-26-17-21-11-7-8-12-23(21)29-18-19-9-5-4-6-10-19/h4-17H,18H2,1-3H3,(H,27,28)/b26-17-. The highest BCUT2D eigenvalue weighted by atomic mass is 16.5. The summed E-state index contributed by atoms with van der Waals surface area (Å²) in [5.74, 6) is 0.466. The van der Waals surface area contributed by atoms with Gasteiger partial charge in [-0.3, -0.25) is 4.79 Å². The lowest BCUT2D eigenvalue weighted by atomic mass is 9.87. The molecule has 0 aliphatic heterocycles. The number of benzene rings is 3. The first-order valence-electron chi connectivity index (χ1n) is 9.63. The van der Waals surface area contributed by atoms with Crippen molar-refractivity contribution < 1.29 is 9.53 Å². The SMILES string of the molecule is CC(C)(C)c1ccc(C(=O)N/N=C\c2ccccc2OCc2ccccc2)cc1. The summed E-state index contributed by atoms with van der Waals surface area (Å²) < 4.78 is 5.91. The van der Waals surface area contributed by atoms with E-state index in [1.807, 2.05) is 78.9 Å². The zero-order valence-electron chi connectivity index (χ0n) is 17.1. The van der Waals surface area contributed by atoms with Gasteiger partial charge in [-0.2, -0.15) is 5.10 Å². The third-order valence-electron chi connectivity index (χ3n) is 4.54. The molecule has 4 heteroatoms. The van der Waals surface area contributed by atoms with Crippen LogP contribution in [0.1, 0.15) is 47.8 Å². The van der Waals surface area contributed by atoms with Crippen LogP contribution in [0.4, 0.5) is 0 Å². The third kappa shape index (κ3) is 5.79. The Morgan fingerprint density at radius 1 is 0.931 bits per heavy atom. The van der Waals surface area contributed by atoms with Crippen molar-refractivity contribution in [3.05, 3.63) is 101 Å². The van der Waals surface area contributed by atoms with E-state index in [1.54, 1.807) is 6.21 Å². The number of ether oxygens (including phenoxy) is 1. The van der Waals surface area contributed by atoms with Crippen molar-refractivity contribution in [3.8, 4) is 5.75 Å². The molecule has 0 bridgehead atoms. The van der Waals surface area contributed by atoms with Crippen LogP contribution in [-0.2, 0) is 12.0 Å². The van der Waals surface area contributed by atoms with Crippen molar-refractivity contribution >= 4 is 12.1 Å². The number of nitrogens with zero attached hydrogens (tertiary/aromatic N) is 1. The number of hydrogen-bond acceptors (Lipinski definition) is 3. The molecule has 0 heterocycles. The molecule has 0 unspecified atom stereocenters. The van der Waals surface area contributed by atoms with Crippen LogP contribution in [0, 0.1) is 0 Å². The Morgan fingerprint density at radius 2 is 1.59 bits per heavy atom. The van der Waals surface area contributed by atoms with Gasteiger partial charge in [-0.05, 0) is 40.8 Å². The van der Waals surface area contributed by atoms with Gasteiger partial charge in [-0.15, -0.1) is 0 Å². The van der Waals surface area contributed by atoms with Crippen molar-refractivity contribution in [3.63, 3.8) is 0 Å². The lowest BCUT2D eigenvalue weighted by Gasteiger charge is -2.18. The van der Waals surface area contributed by atoms with E-state index in [1.165, 1.54) is 5.56 Å². The minimum Gasteiger partial charge on any atom is -0.488 e. The molecule has 148 valence electrons. The van der Waals surface area contributed by atoms with Gasteiger partial charge in [-0.1, -0.05) is 75.4 Å². The van der Waals surface area contributed by atoms with Crippen molar-refractivity contribution in [1.29, 1.82) is 0 Å². The van der Waals surface area contributed by atoms with Gasteiger partial charge in [0.05, 0.1) is 6.21 Å². The zero-order valence-corrected chi connectivity index (χ0v) is 17.1. The molecular weight excluding hydrogens is 360 g/mol. The Morgan fingerprint density at radius 3 is 2.28 bits per heavy atom. The molecule has 0 saturated carbocycles. The normalized spacial score (nSPS) is 11.4. The van der Waals surface area contributed by atoms with E-state index < -0.39 is 0 Å². The number of amides is 1. The van der Waals surface area contributed by atoms with Crippen LogP contribution in [0.5, 0.6) is 5.75 Å². The van der Waals surface area contributed by atoms with E-state index in [4.69, 9.17) is 4.74 Å². The molecule has 3 rings (SSSR count). The fourth-order valence-electron chi connectivity index (χ4n) is 2.80. The van der Waals surface area contributed by atoms with E-state index in [-0.39, 0.29) is 11.3 Å². The van der Waals surface area contributed by atoms with E-state index in [2.05, 4.69) is 31.3 Å². The van der Waals surface area contributed by atoms with E-state index >= 15 is 0 Å². The first-order chi connectivity index (χ1) is 13.9. The lowest BCUT2D eigenvalue weighted by molar-refractivity contribution is 0.0955. The van der Waals surface area contributed by atoms with E-state index in [0.29, 0.717) is 17.9 Å². The summed E-state index contributed by atoms with van der Waals surface area (Å²) in [7, 11) is 0. The maximum absolute atomic E-state index is 12.3. The number of para-hydroxylation sites is 1. The molecule has 0 radical (unpaired) electrons. The van der Waals surface area contributed by atoms with Gasteiger partial charge < -0.3 is 4.74 Å². The molecule has 0 atom stereocenters. The van der Waals surface area contributed by atoms with Crippen molar-refractivity contribution in [2.24, 2.45) is 5.10 Å². The summed E-state index contributed by atoms with van der Waals surface area (Å²) in [5, 5.41) is 4.10. The predicted molar refractivity (Wildman–Crippen MR) is 117 cm³/mol. The van der Waals surface area contributed by atoms with Crippen LogP contribution < -0.4 is 10.2 Å². The van der Waals surface area contributed by atoms with Gasteiger partial charge >= 0.3 is 0 Å². The van der Waals surface area contributed by atoms with Crippen LogP contribution in [0.2, 0.25) is 0 Å².